The van der Waals surface area contributed by atoms with E-state index in [0.29, 0.717) is 17.6 Å². The number of nitrogens with zero attached hydrogens (tertiary/aromatic N) is 4. The summed E-state index contributed by atoms with van der Waals surface area (Å²) in [5.74, 6) is 1.55. The Labute approximate surface area is 365 Å². The van der Waals surface area contributed by atoms with Gasteiger partial charge in [-0.1, -0.05) is 129 Å². The summed E-state index contributed by atoms with van der Waals surface area (Å²) in [7, 11) is 0. The standard InChI is InChI=1S/C55H30N4O3.C2H6/c1-2-11-32-28-45-43(26-31(32)10-1)42-16-9-15-36(33-22-25-49-44(27-33)39-14-5-8-19-48(39)60-49)52(42)59(45)55-57-53(34-20-23-40-37-12-3-6-17-46(37)61-50(40)29-34)56-54(58-55)35-21-24-41-38-13-4-7-18-47(38)62-51(41)30-35;1-2/h1-30H;1-2H3. The van der Waals surface area contributed by atoms with E-state index in [4.69, 9.17) is 28.2 Å². The molecule has 9 aromatic carbocycles. The van der Waals surface area contributed by atoms with Gasteiger partial charge in [-0.3, -0.25) is 4.57 Å². The molecule has 0 aliphatic heterocycles. The van der Waals surface area contributed by atoms with E-state index in [1.54, 1.807) is 0 Å². The predicted octanol–water partition coefficient (Wildman–Crippen LogP) is 15.8. The lowest BCUT2D eigenvalue weighted by Gasteiger charge is -2.13. The first kappa shape index (κ1) is 36.1. The van der Waals surface area contributed by atoms with Gasteiger partial charge in [0.15, 0.2) is 11.6 Å². The molecule has 0 unspecified atom stereocenters. The van der Waals surface area contributed by atoms with Crippen molar-refractivity contribution in [1.29, 1.82) is 0 Å². The quantitative estimate of drug-likeness (QED) is 0.176. The van der Waals surface area contributed by atoms with Gasteiger partial charge in [0.25, 0.3) is 0 Å². The zero-order chi connectivity index (χ0) is 42.5. The molecular weight excluding hydrogens is 789 g/mol. The maximum absolute atomic E-state index is 6.39. The van der Waals surface area contributed by atoms with Gasteiger partial charge in [-0.15, -0.1) is 0 Å². The van der Waals surface area contributed by atoms with Gasteiger partial charge in [0.1, 0.15) is 33.5 Å². The first-order chi connectivity index (χ1) is 31.7. The third-order valence-electron chi connectivity index (χ3n) is 12.4. The molecule has 5 aromatic heterocycles. The SMILES string of the molecule is CC.c1ccc2cc3c(cc2c1)c1cccc(-c2ccc4oc5ccccc5c4c2)c1n3-c1nc(-c2ccc3c(c2)oc2ccccc23)nc(-c2ccc3c(c2)oc2ccccc23)n1. The predicted molar refractivity (Wildman–Crippen MR) is 261 cm³/mol. The fourth-order valence-corrected chi connectivity index (χ4v) is 9.54. The molecular formula is C57H36N4O3. The fourth-order valence-electron chi connectivity index (χ4n) is 9.54. The van der Waals surface area contributed by atoms with Crippen molar-refractivity contribution in [2.24, 2.45) is 0 Å². The maximum Gasteiger partial charge on any atom is 0.238 e. The molecule has 5 heterocycles. The van der Waals surface area contributed by atoms with E-state index in [0.717, 1.165) is 121 Å². The molecule has 64 heavy (non-hydrogen) atoms. The highest BCUT2D eigenvalue weighted by Gasteiger charge is 2.23. The third-order valence-corrected chi connectivity index (χ3v) is 12.4. The Kier molecular flexibility index (Phi) is 7.90. The molecule has 0 atom stereocenters. The van der Waals surface area contributed by atoms with Gasteiger partial charge in [0.05, 0.1) is 11.0 Å². The number of hydrogen-bond acceptors (Lipinski definition) is 6. The van der Waals surface area contributed by atoms with Crippen LogP contribution in [0.5, 0.6) is 0 Å². The molecule has 0 aliphatic rings. The van der Waals surface area contributed by atoms with Crippen LogP contribution in [-0.2, 0) is 0 Å². The van der Waals surface area contributed by atoms with E-state index in [2.05, 4.69) is 126 Å². The minimum atomic E-state index is 0.497. The lowest BCUT2D eigenvalue weighted by atomic mass is 9.99. The Morgan fingerprint density at radius 2 is 0.828 bits per heavy atom. The zero-order valence-electron chi connectivity index (χ0n) is 34.8. The van der Waals surface area contributed by atoms with Gasteiger partial charge in [-0.05, 0) is 83.1 Å². The minimum absolute atomic E-state index is 0.497. The smallest absolute Gasteiger partial charge is 0.238 e. The summed E-state index contributed by atoms with van der Waals surface area (Å²) < 4.78 is 21.3. The van der Waals surface area contributed by atoms with E-state index < -0.39 is 0 Å². The molecule has 0 radical (unpaired) electrons. The molecule has 0 saturated heterocycles. The Morgan fingerprint density at radius 1 is 0.344 bits per heavy atom. The second kappa shape index (κ2) is 14.0. The van der Waals surface area contributed by atoms with Crippen LogP contribution in [0, 0.1) is 0 Å². The summed E-state index contributed by atoms with van der Waals surface area (Å²) in [6.07, 6.45) is 0. The number of aromatic nitrogens is 4. The van der Waals surface area contributed by atoms with Crippen LogP contribution in [0.25, 0.3) is 138 Å². The summed E-state index contributed by atoms with van der Waals surface area (Å²) in [6, 6.07) is 62.9. The first-order valence-electron chi connectivity index (χ1n) is 21.7. The normalized spacial score (nSPS) is 11.9. The number of para-hydroxylation sites is 4. The van der Waals surface area contributed by atoms with Crippen LogP contribution in [-0.4, -0.2) is 19.5 Å². The van der Waals surface area contributed by atoms with E-state index in [1.807, 2.05) is 74.5 Å². The highest BCUT2D eigenvalue weighted by Crippen LogP contribution is 2.42. The lowest BCUT2D eigenvalue weighted by Crippen LogP contribution is -2.07. The molecule has 0 amide bonds. The topological polar surface area (TPSA) is 83.0 Å². The van der Waals surface area contributed by atoms with E-state index in [9.17, 15) is 0 Å². The molecule has 0 saturated carbocycles. The van der Waals surface area contributed by atoms with Crippen LogP contribution in [0.15, 0.2) is 195 Å². The molecule has 14 aromatic rings. The van der Waals surface area contributed by atoms with Gasteiger partial charge >= 0.3 is 0 Å². The van der Waals surface area contributed by atoms with Crippen LogP contribution in [0.1, 0.15) is 13.8 Å². The fraction of sp³-hybridized carbons (Fsp3) is 0.0351. The third kappa shape index (κ3) is 5.44. The molecule has 7 nitrogen and oxygen atoms in total. The summed E-state index contributed by atoms with van der Waals surface area (Å²) in [5, 5.41) is 10.8. The molecule has 0 aliphatic carbocycles. The van der Waals surface area contributed by atoms with Crippen molar-refractivity contribution in [1.82, 2.24) is 19.5 Å². The monoisotopic (exact) mass is 824 g/mol. The van der Waals surface area contributed by atoms with Crippen molar-refractivity contribution in [2.45, 2.75) is 13.8 Å². The molecule has 0 N–H and O–H groups in total. The average molecular weight is 825 g/mol. The Balaban J connectivity index is 0.00000204. The number of fused-ring (bicyclic) bond motifs is 13. The highest BCUT2D eigenvalue weighted by atomic mass is 16.3. The van der Waals surface area contributed by atoms with Crippen molar-refractivity contribution in [2.75, 3.05) is 0 Å². The second-order valence-electron chi connectivity index (χ2n) is 16.0. The largest absolute Gasteiger partial charge is 0.456 e. The summed E-state index contributed by atoms with van der Waals surface area (Å²) in [4.78, 5) is 16.0. The number of rotatable bonds is 4. The van der Waals surface area contributed by atoms with Crippen LogP contribution in [0.4, 0.5) is 0 Å². The van der Waals surface area contributed by atoms with Crippen molar-refractivity contribution >= 4 is 98.4 Å². The van der Waals surface area contributed by atoms with Gasteiger partial charge in [0, 0.05) is 59.8 Å². The molecule has 14 rings (SSSR count). The van der Waals surface area contributed by atoms with Crippen LogP contribution >= 0.6 is 0 Å². The average Bonchev–Trinajstić information content (AvgIpc) is 4.12. The van der Waals surface area contributed by atoms with Crippen molar-refractivity contribution in [3.05, 3.63) is 182 Å². The molecule has 0 bridgehead atoms. The minimum Gasteiger partial charge on any atom is -0.456 e. The molecule has 7 heteroatoms. The zero-order valence-corrected chi connectivity index (χ0v) is 34.8. The maximum atomic E-state index is 6.39. The highest BCUT2D eigenvalue weighted by molar-refractivity contribution is 6.17. The van der Waals surface area contributed by atoms with Gasteiger partial charge in [-0.2, -0.15) is 9.97 Å². The van der Waals surface area contributed by atoms with Crippen LogP contribution in [0.3, 0.4) is 0 Å². The summed E-state index contributed by atoms with van der Waals surface area (Å²) in [6.45, 7) is 4.00. The van der Waals surface area contributed by atoms with E-state index in [-0.39, 0.29) is 0 Å². The molecule has 0 fully saturated rings. The summed E-state index contributed by atoms with van der Waals surface area (Å²) >= 11 is 0. The van der Waals surface area contributed by atoms with E-state index in [1.165, 1.54) is 0 Å². The Morgan fingerprint density at radius 3 is 1.45 bits per heavy atom. The molecule has 302 valence electrons. The van der Waals surface area contributed by atoms with Crippen molar-refractivity contribution in [3.8, 4) is 39.9 Å². The lowest BCUT2D eigenvalue weighted by molar-refractivity contribution is 0.668. The molecule has 0 spiro atoms. The Hall–Kier alpha value is -8.55. The van der Waals surface area contributed by atoms with Gasteiger partial charge < -0.3 is 13.3 Å². The number of benzene rings is 9. The van der Waals surface area contributed by atoms with Crippen molar-refractivity contribution in [3.63, 3.8) is 0 Å². The van der Waals surface area contributed by atoms with Gasteiger partial charge in [-0.25, -0.2) is 4.98 Å². The van der Waals surface area contributed by atoms with Gasteiger partial charge in [0.2, 0.25) is 5.95 Å². The van der Waals surface area contributed by atoms with Crippen LogP contribution in [0.2, 0.25) is 0 Å². The number of furan rings is 3. The summed E-state index contributed by atoms with van der Waals surface area (Å²) in [5.41, 5.74) is 10.6. The van der Waals surface area contributed by atoms with E-state index >= 15 is 0 Å². The Bertz CT molecular complexity index is 4060. The second-order valence-corrected chi connectivity index (χ2v) is 16.0. The van der Waals surface area contributed by atoms with Crippen LogP contribution < -0.4 is 0 Å². The number of hydrogen-bond donors (Lipinski definition) is 0. The van der Waals surface area contributed by atoms with Crippen molar-refractivity contribution < 1.29 is 13.3 Å². The first-order valence-corrected chi connectivity index (χ1v) is 21.7.